The zero-order chi connectivity index (χ0) is 52.8. The molecule has 0 saturated carbocycles. The molecule has 2 aliphatic heterocycles. The highest BCUT2D eigenvalue weighted by atomic mass is 32.2. The van der Waals surface area contributed by atoms with Gasteiger partial charge in [0.05, 0.1) is 42.8 Å². The molecule has 3 aromatic rings. The number of alkyl carbamates (subject to hydrolysis) is 2. The zero-order valence-corrected chi connectivity index (χ0v) is 44.1. The van der Waals surface area contributed by atoms with E-state index in [1.807, 2.05) is 13.8 Å². The van der Waals surface area contributed by atoms with Gasteiger partial charge < -0.3 is 53.4 Å². The lowest BCUT2D eigenvalue weighted by Crippen LogP contribution is -2.51. The number of hydrogen-bond acceptors (Lipinski definition) is 17. The fourth-order valence-corrected chi connectivity index (χ4v) is 10.7. The molecule has 1 unspecified atom stereocenters. The van der Waals surface area contributed by atoms with E-state index in [0.717, 1.165) is 4.31 Å². The Morgan fingerprint density at radius 3 is 2.12 bits per heavy atom. The predicted octanol–water partition coefficient (Wildman–Crippen LogP) is 6.96. The lowest BCUT2D eigenvalue weighted by molar-refractivity contribution is -0.151. The number of sulfonamides is 1. The summed E-state index contributed by atoms with van der Waals surface area (Å²) in [5.41, 5.74) is 0.291. The van der Waals surface area contributed by atoms with Crippen molar-refractivity contribution in [3.63, 3.8) is 0 Å². The summed E-state index contributed by atoms with van der Waals surface area (Å²) in [5.74, 6) is -1.63. The van der Waals surface area contributed by atoms with Gasteiger partial charge in [0.1, 0.15) is 35.9 Å². The van der Waals surface area contributed by atoms with Crippen molar-refractivity contribution in [2.45, 2.75) is 129 Å². The van der Waals surface area contributed by atoms with Gasteiger partial charge in [-0.3, -0.25) is 4.52 Å². The molecule has 22 heteroatoms. The molecule has 8 atom stereocenters. The summed E-state index contributed by atoms with van der Waals surface area (Å²) >= 11 is 0. The number of carbonyl (C=O) groups excluding carboxylic acids is 4. The van der Waals surface area contributed by atoms with Crippen molar-refractivity contribution in [1.29, 1.82) is 0 Å². The fraction of sp³-hybridized carbons (Fsp3) is 0.560. The first-order chi connectivity index (χ1) is 33.9. The Kier molecular flexibility index (Phi) is 20.9. The summed E-state index contributed by atoms with van der Waals surface area (Å²) in [4.78, 5) is 51.3. The zero-order valence-electron chi connectivity index (χ0n) is 42.3. The van der Waals surface area contributed by atoms with E-state index < -0.39 is 96.9 Å². The van der Waals surface area contributed by atoms with Gasteiger partial charge in [0.2, 0.25) is 16.4 Å². The second-order valence-electron chi connectivity index (χ2n) is 19.3. The second-order valence-corrected chi connectivity index (χ2v) is 23.1. The van der Waals surface area contributed by atoms with Gasteiger partial charge in [0.25, 0.3) is 0 Å². The molecule has 20 nitrogen and oxygen atoms in total. The van der Waals surface area contributed by atoms with Crippen LogP contribution < -0.4 is 19.9 Å². The van der Waals surface area contributed by atoms with Crippen LogP contribution in [0.1, 0.15) is 79.9 Å². The summed E-state index contributed by atoms with van der Waals surface area (Å²) in [6.07, 6.45) is -5.37. The van der Waals surface area contributed by atoms with E-state index in [0.29, 0.717) is 24.2 Å². The molecule has 3 N–H and O–H groups in total. The maximum Gasteiger partial charge on any atom is 0.417 e. The van der Waals surface area contributed by atoms with E-state index in [-0.39, 0.29) is 66.9 Å². The standard InChI is InChI=1S/C50H70N3O17PS/c1-10-62-45(55)34(6)69-71(59,70-38-14-12-11-13-15-38)31-66-37-20-16-35(17-21-37)26-41(51-48(57)67-43-30-65-47-40(43)24-25-63-47)42(54)28-53(27-32(2)3)72(60,61)39-22-18-36(19-23-39)29-64-46(56)44(33(4)5)52-49(58)68-50(7,8)9/h11-23,32-34,40-44,47,54H,10,24-31H2,1-9H3,(H,51,57)(H,52,58)/t34-,40+,41+,42-,43+,44+,47-,71?/m1/s1. The molecule has 2 saturated heterocycles. The first-order valence-corrected chi connectivity index (χ1v) is 27.2. The van der Waals surface area contributed by atoms with Crippen molar-refractivity contribution < 1.29 is 79.5 Å². The fourth-order valence-electron chi connectivity index (χ4n) is 7.64. The third-order valence-corrected chi connectivity index (χ3v) is 14.6. The quantitative estimate of drug-likeness (QED) is 0.0440. The van der Waals surface area contributed by atoms with Crippen molar-refractivity contribution >= 4 is 41.7 Å². The summed E-state index contributed by atoms with van der Waals surface area (Å²) in [7, 11) is -8.40. The van der Waals surface area contributed by atoms with Crippen LogP contribution in [0.4, 0.5) is 9.59 Å². The third kappa shape index (κ3) is 17.4. The Balaban J connectivity index is 1.30. The molecule has 2 amide bonds. The molecular formula is C50H70N3O17PS. The Morgan fingerprint density at radius 2 is 1.50 bits per heavy atom. The number of esters is 2. The van der Waals surface area contributed by atoms with E-state index in [9.17, 15) is 37.3 Å². The van der Waals surface area contributed by atoms with Crippen molar-refractivity contribution in [3.05, 3.63) is 90.0 Å². The molecule has 0 aromatic heterocycles. The molecule has 2 fully saturated rings. The van der Waals surface area contributed by atoms with E-state index in [4.69, 9.17) is 42.2 Å². The van der Waals surface area contributed by atoms with Crippen molar-refractivity contribution in [2.24, 2.45) is 17.8 Å². The number of para-hydroxylation sites is 1. The highest BCUT2D eigenvalue weighted by molar-refractivity contribution is 7.89. The van der Waals surface area contributed by atoms with Gasteiger partial charge in [-0.15, -0.1) is 0 Å². The molecule has 0 aliphatic carbocycles. The van der Waals surface area contributed by atoms with Gasteiger partial charge in [-0.2, -0.15) is 4.31 Å². The van der Waals surface area contributed by atoms with Crippen LogP contribution >= 0.6 is 7.60 Å². The number of aliphatic hydroxyl groups is 1. The average molecular weight is 1050 g/mol. The number of nitrogens with zero attached hydrogens (tertiary/aromatic N) is 1. The lowest BCUT2D eigenvalue weighted by Gasteiger charge is -2.31. The molecule has 3 aromatic carbocycles. The number of ether oxygens (including phenoxy) is 7. The first kappa shape index (κ1) is 57.6. The number of carbonyl (C=O) groups is 4. The maximum atomic E-state index is 14.3. The van der Waals surface area contributed by atoms with Crippen LogP contribution in [0.2, 0.25) is 0 Å². The number of benzene rings is 3. The molecule has 5 rings (SSSR count). The Bertz CT molecular complexity index is 2400. The largest absolute Gasteiger partial charge is 0.480 e. The third-order valence-electron chi connectivity index (χ3n) is 11.2. The van der Waals surface area contributed by atoms with Crippen LogP contribution in [-0.4, -0.2) is 123 Å². The topological polar surface area (TPSA) is 250 Å². The van der Waals surface area contributed by atoms with Crippen molar-refractivity contribution in [1.82, 2.24) is 14.9 Å². The smallest absolute Gasteiger partial charge is 0.417 e. The molecule has 2 heterocycles. The van der Waals surface area contributed by atoms with Gasteiger partial charge in [0.15, 0.2) is 12.4 Å². The van der Waals surface area contributed by atoms with Gasteiger partial charge in [-0.1, -0.05) is 70.2 Å². The minimum Gasteiger partial charge on any atom is -0.480 e. The Labute approximate surface area is 422 Å². The average Bonchev–Trinajstić information content (AvgIpc) is 3.94. The van der Waals surface area contributed by atoms with Gasteiger partial charge in [-0.25, -0.2) is 32.2 Å². The summed E-state index contributed by atoms with van der Waals surface area (Å²) in [6.45, 7) is 15.3. The van der Waals surface area contributed by atoms with Crippen LogP contribution in [-0.2, 0) is 70.2 Å². The van der Waals surface area contributed by atoms with E-state index >= 15 is 0 Å². The number of rotatable bonds is 25. The minimum absolute atomic E-state index is 0.00337. The summed E-state index contributed by atoms with van der Waals surface area (Å²) in [6, 6.07) is 18.4. The van der Waals surface area contributed by atoms with Crippen LogP contribution in [0.5, 0.6) is 11.5 Å². The monoisotopic (exact) mass is 1050 g/mol. The van der Waals surface area contributed by atoms with E-state index in [1.54, 1.807) is 96.1 Å². The van der Waals surface area contributed by atoms with Crippen molar-refractivity contribution in [2.75, 3.05) is 39.3 Å². The summed E-state index contributed by atoms with van der Waals surface area (Å²) in [5, 5.41) is 17.3. The summed E-state index contributed by atoms with van der Waals surface area (Å²) < 4.78 is 93.8. The molecule has 2 aliphatic rings. The predicted molar refractivity (Wildman–Crippen MR) is 262 cm³/mol. The molecule has 398 valence electrons. The highest BCUT2D eigenvalue weighted by Gasteiger charge is 2.44. The molecule has 0 radical (unpaired) electrons. The molecule has 0 bridgehead atoms. The molecule has 0 spiro atoms. The first-order valence-electron chi connectivity index (χ1n) is 24.0. The number of nitrogens with one attached hydrogen (secondary N) is 2. The van der Waals surface area contributed by atoms with Crippen molar-refractivity contribution in [3.8, 4) is 11.5 Å². The minimum atomic E-state index is -4.27. The number of aliphatic hydroxyl groups excluding tert-OH is 1. The SMILES string of the molecule is CCOC(=O)[C@@H](C)OP(=O)(COc1ccc(C[C@H](NC(=O)O[C@H]2CO[C@H]3OCC[C@H]32)[C@H](O)CN(CC(C)C)S(=O)(=O)c2ccc(COC(=O)[C@@H](NC(=O)OC(C)(C)C)C(C)C)cc2)cc1)Oc1ccccc1. The Hall–Kier alpha value is -5.28. The second kappa shape index (κ2) is 26.1. The number of amides is 2. The normalized spacial score (nSPS) is 19.3. The molecule has 72 heavy (non-hydrogen) atoms. The van der Waals surface area contributed by atoms with Gasteiger partial charge >= 0.3 is 31.7 Å². The highest BCUT2D eigenvalue weighted by Crippen LogP contribution is 2.49. The van der Waals surface area contributed by atoms with Gasteiger partial charge in [0, 0.05) is 13.1 Å². The van der Waals surface area contributed by atoms with E-state index in [2.05, 4.69) is 10.6 Å². The van der Waals surface area contributed by atoms with Crippen LogP contribution in [0.3, 0.4) is 0 Å². The van der Waals surface area contributed by atoms with Crippen LogP contribution in [0, 0.1) is 17.8 Å². The van der Waals surface area contributed by atoms with E-state index in [1.165, 1.54) is 31.2 Å². The number of fused-ring (bicyclic) bond motifs is 1. The Morgan fingerprint density at radius 1 is 0.833 bits per heavy atom. The number of hydrogen-bond donors (Lipinski definition) is 3. The van der Waals surface area contributed by atoms with Crippen LogP contribution in [0.15, 0.2) is 83.8 Å². The molecular weight excluding hydrogens is 978 g/mol. The maximum absolute atomic E-state index is 14.3. The van der Waals surface area contributed by atoms with Crippen LogP contribution in [0.25, 0.3) is 0 Å². The van der Waals surface area contributed by atoms with Gasteiger partial charge in [-0.05, 0) is 107 Å². The lowest BCUT2D eigenvalue weighted by atomic mass is 10.0.